The maximum absolute atomic E-state index is 5.49. The Morgan fingerprint density at radius 2 is 2.20 bits per heavy atom. The van der Waals surface area contributed by atoms with Crippen molar-refractivity contribution >= 4 is 16.7 Å². The van der Waals surface area contributed by atoms with Gasteiger partial charge in [0.2, 0.25) is 5.13 Å². The normalized spacial score (nSPS) is 19.3. The minimum Gasteiger partial charge on any atom is -0.360 e. The van der Waals surface area contributed by atoms with Crippen LogP contribution in [-0.4, -0.2) is 34.9 Å². The van der Waals surface area contributed by atoms with Crippen molar-refractivity contribution in [1.82, 2.24) is 9.36 Å². The number of nitrogens with zero attached hydrogens (tertiary/aromatic N) is 2. The average Bonchev–Trinajstić information content (AvgIpc) is 2.76. The maximum atomic E-state index is 5.49. The number of hydrogen-bond donors (Lipinski definition) is 1. The summed E-state index contributed by atoms with van der Waals surface area (Å²) in [5, 5.41) is 4.06. The number of aryl methyl sites for hydroxylation is 1. The van der Waals surface area contributed by atoms with E-state index in [1.165, 1.54) is 11.5 Å². The molecule has 0 saturated carbocycles. The number of nitrogens with one attached hydrogen (secondary N) is 1. The fraction of sp³-hybridized carbons (Fsp3) is 0.778. The number of anilines is 1. The molecule has 1 aliphatic heterocycles. The van der Waals surface area contributed by atoms with Crippen LogP contribution in [0.2, 0.25) is 0 Å². The topological polar surface area (TPSA) is 56.3 Å². The predicted octanol–water partition coefficient (Wildman–Crippen LogP) is 1.41. The van der Waals surface area contributed by atoms with E-state index in [2.05, 4.69) is 14.7 Å². The Bertz CT molecular complexity index is 323. The van der Waals surface area contributed by atoms with E-state index in [0.29, 0.717) is 13.2 Å². The fourth-order valence-corrected chi connectivity index (χ4v) is 2.07. The Hall–Kier alpha value is -0.720. The first kappa shape index (κ1) is 10.8. The Labute approximate surface area is 93.0 Å². The van der Waals surface area contributed by atoms with Crippen molar-refractivity contribution in [3.63, 3.8) is 0 Å². The molecule has 15 heavy (non-hydrogen) atoms. The van der Waals surface area contributed by atoms with Gasteiger partial charge in [0.15, 0.2) is 5.79 Å². The molecule has 0 atom stereocenters. The molecule has 0 amide bonds. The van der Waals surface area contributed by atoms with Gasteiger partial charge in [-0.3, -0.25) is 0 Å². The van der Waals surface area contributed by atoms with Gasteiger partial charge in [0.1, 0.15) is 5.82 Å². The van der Waals surface area contributed by atoms with Crippen molar-refractivity contribution in [2.75, 3.05) is 25.1 Å². The Morgan fingerprint density at radius 1 is 1.47 bits per heavy atom. The summed E-state index contributed by atoms with van der Waals surface area (Å²) in [6.07, 6.45) is 0.811. The number of aromatic nitrogens is 2. The molecular weight excluding hydrogens is 214 g/mol. The molecule has 0 aliphatic carbocycles. The largest absolute Gasteiger partial charge is 0.360 e. The van der Waals surface area contributed by atoms with Gasteiger partial charge >= 0.3 is 0 Å². The molecule has 1 aromatic heterocycles. The first-order valence-corrected chi connectivity index (χ1v) is 5.77. The quantitative estimate of drug-likeness (QED) is 0.846. The summed E-state index contributed by atoms with van der Waals surface area (Å²) in [7, 11) is 0. The van der Waals surface area contributed by atoms with E-state index >= 15 is 0 Å². The summed E-state index contributed by atoms with van der Waals surface area (Å²) >= 11 is 1.38. The second-order valence-electron chi connectivity index (χ2n) is 3.65. The van der Waals surface area contributed by atoms with Crippen molar-refractivity contribution in [3.8, 4) is 0 Å². The zero-order valence-electron chi connectivity index (χ0n) is 8.95. The van der Waals surface area contributed by atoms with E-state index in [0.717, 1.165) is 23.9 Å². The van der Waals surface area contributed by atoms with Crippen molar-refractivity contribution in [2.45, 2.75) is 26.1 Å². The van der Waals surface area contributed by atoms with Crippen LogP contribution >= 0.6 is 11.5 Å². The van der Waals surface area contributed by atoms with Crippen LogP contribution < -0.4 is 5.32 Å². The lowest BCUT2D eigenvalue weighted by Crippen LogP contribution is -2.28. The molecular formula is C9H15N3O2S. The van der Waals surface area contributed by atoms with Crippen LogP contribution in [0.1, 0.15) is 19.2 Å². The lowest BCUT2D eigenvalue weighted by molar-refractivity contribution is -0.144. The second kappa shape index (κ2) is 4.42. The summed E-state index contributed by atoms with van der Waals surface area (Å²) < 4.78 is 15.1. The molecule has 0 unspecified atom stereocenters. The van der Waals surface area contributed by atoms with E-state index in [4.69, 9.17) is 9.47 Å². The van der Waals surface area contributed by atoms with Gasteiger partial charge in [-0.25, -0.2) is 4.98 Å². The van der Waals surface area contributed by atoms with E-state index in [1.807, 2.05) is 13.8 Å². The predicted molar refractivity (Wildman–Crippen MR) is 58.1 cm³/mol. The number of ether oxygens (including phenoxy) is 2. The van der Waals surface area contributed by atoms with E-state index in [1.54, 1.807) is 0 Å². The minimum absolute atomic E-state index is 0.424. The van der Waals surface area contributed by atoms with Gasteiger partial charge in [-0.1, -0.05) is 0 Å². The lowest BCUT2D eigenvalue weighted by Gasteiger charge is -2.21. The summed E-state index contributed by atoms with van der Waals surface area (Å²) in [6, 6.07) is 0. The first-order chi connectivity index (χ1) is 7.18. The van der Waals surface area contributed by atoms with Gasteiger partial charge in [0.25, 0.3) is 0 Å². The van der Waals surface area contributed by atoms with Crippen LogP contribution in [0.25, 0.3) is 0 Å². The lowest BCUT2D eigenvalue weighted by atomic mass is 10.2. The van der Waals surface area contributed by atoms with Crippen molar-refractivity contribution in [2.24, 2.45) is 0 Å². The SMILES string of the molecule is Cc1nsc(NCCC2(C)OCCO2)n1. The van der Waals surface area contributed by atoms with E-state index < -0.39 is 5.79 Å². The smallest absolute Gasteiger partial charge is 0.202 e. The van der Waals surface area contributed by atoms with Crippen LogP contribution in [-0.2, 0) is 9.47 Å². The summed E-state index contributed by atoms with van der Waals surface area (Å²) in [6.45, 7) is 6.01. The zero-order valence-corrected chi connectivity index (χ0v) is 9.76. The highest BCUT2D eigenvalue weighted by Gasteiger charge is 2.30. The number of hydrogen-bond acceptors (Lipinski definition) is 6. The van der Waals surface area contributed by atoms with Crippen LogP contribution in [0.15, 0.2) is 0 Å². The highest BCUT2D eigenvalue weighted by Crippen LogP contribution is 2.22. The molecule has 2 heterocycles. The third kappa shape index (κ3) is 2.87. The molecule has 1 aliphatic rings. The standard InChI is InChI=1S/C9H15N3O2S/c1-7-11-8(15-12-7)10-4-3-9(2)13-5-6-14-9/h3-6H2,1-2H3,(H,10,11,12). The molecule has 0 aromatic carbocycles. The summed E-state index contributed by atoms with van der Waals surface area (Å²) in [4.78, 5) is 4.21. The van der Waals surface area contributed by atoms with Gasteiger partial charge < -0.3 is 14.8 Å². The van der Waals surface area contributed by atoms with Gasteiger partial charge in [0.05, 0.1) is 13.2 Å². The molecule has 1 saturated heterocycles. The second-order valence-corrected chi connectivity index (χ2v) is 4.41. The maximum Gasteiger partial charge on any atom is 0.202 e. The third-order valence-electron chi connectivity index (χ3n) is 2.28. The van der Waals surface area contributed by atoms with Gasteiger partial charge in [-0.15, -0.1) is 0 Å². The van der Waals surface area contributed by atoms with Gasteiger partial charge in [-0.2, -0.15) is 4.37 Å². The van der Waals surface area contributed by atoms with Crippen molar-refractivity contribution < 1.29 is 9.47 Å². The average molecular weight is 229 g/mol. The van der Waals surface area contributed by atoms with Crippen LogP contribution in [0, 0.1) is 6.92 Å². The van der Waals surface area contributed by atoms with E-state index in [-0.39, 0.29) is 0 Å². The molecule has 84 valence electrons. The fourth-order valence-electron chi connectivity index (χ4n) is 1.47. The number of rotatable bonds is 4. The van der Waals surface area contributed by atoms with Crippen molar-refractivity contribution in [1.29, 1.82) is 0 Å². The van der Waals surface area contributed by atoms with Gasteiger partial charge in [0, 0.05) is 24.5 Å². The Balaban J connectivity index is 1.75. The monoisotopic (exact) mass is 229 g/mol. The molecule has 2 rings (SSSR count). The molecule has 1 N–H and O–H groups in total. The van der Waals surface area contributed by atoms with Crippen LogP contribution in [0.5, 0.6) is 0 Å². The molecule has 6 heteroatoms. The van der Waals surface area contributed by atoms with E-state index in [9.17, 15) is 0 Å². The van der Waals surface area contributed by atoms with Gasteiger partial charge in [-0.05, 0) is 13.8 Å². The minimum atomic E-state index is -0.424. The zero-order chi connectivity index (χ0) is 10.7. The molecule has 0 bridgehead atoms. The Morgan fingerprint density at radius 3 is 2.80 bits per heavy atom. The summed E-state index contributed by atoms with van der Waals surface area (Å²) in [5.74, 6) is 0.384. The molecule has 0 spiro atoms. The van der Waals surface area contributed by atoms with Crippen molar-refractivity contribution in [3.05, 3.63) is 5.82 Å². The van der Waals surface area contributed by atoms with Crippen LogP contribution in [0.4, 0.5) is 5.13 Å². The third-order valence-corrected chi connectivity index (χ3v) is 3.05. The first-order valence-electron chi connectivity index (χ1n) is 5.00. The summed E-state index contributed by atoms with van der Waals surface area (Å²) in [5.41, 5.74) is 0. The van der Waals surface area contributed by atoms with Crippen LogP contribution in [0.3, 0.4) is 0 Å². The molecule has 5 nitrogen and oxygen atoms in total. The highest BCUT2D eigenvalue weighted by atomic mass is 32.1. The highest BCUT2D eigenvalue weighted by molar-refractivity contribution is 7.09. The molecule has 1 aromatic rings. The Kier molecular flexibility index (Phi) is 3.18. The molecule has 1 fully saturated rings. The molecule has 0 radical (unpaired) electrons.